The molecular weight excluding hydrogens is 231 g/mol. The Morgan fingerprint density at radius 2 is 2.11 bits per heavy atom. The standard InChI is InChI=1S/C13H11FN4/c1-18-12-4-5-16-7-11(12)17-13(18)9-3-2-8(14)6-10(9)15/h2-7H,15H2,1H3. The smallest absolute Gasteiger partial charge is 0.143 e. The minimum absolute atomic E-state index is 0.350. The number of imidazole rings is 1. The lowest BCUT2D eigenvalue weighted by Crippen LogP contribution is -1.97. The fraction of sp³-hybridized carbons (Fsp3) is 0.0769. The normalized spacial score (nSPS) is 11.0. The number of nitrogens with zero attached hydrogens (tertiary/aromatic N) is 3. The summed E-state index contributed by atoms with van der Waals surface area (Å²) in [4.78, 5) is 8.50. The highest BCUT2D eigenvalue weighted by Gasteiger charge is 2.12. The third-order valence-electron chi connectivity index (χ3n) is 2.94. The highest BCUT2D eigenvalue weighted by Crippen LogP contribution is 2.28. The average Bonchev–Trinajstić information content (AvgIpc) is 2.68. The minimum atomic E-state index is -0.350. The highest BCUT2D eigenvalue weighted by atomic mass is 19.1. The zero-order chi connectivity index (χ0) is 12.7. The molecule has 0 aliphatic carbocycles. The van der Waals surface area contributed by atoms with E-state index in [1.807, 2.05) is 17.7 Å². The maximum Gasteiger partial charge on any atom is 0.143 e. The molecule has 0 aliphatic rings. The first-order valence-electron chi connectivity index (χ1n) is 5.48. The first kappa shape index (κ1) is 10.7. The van der Waals surface area contributed by atoms with Crippen molar-refractivity contribution in [3.63, 3.8) is 0 Å². The van der Waals surface area contributed by atoms with Crippen LogP contribution in [0.2, 0.25) is 0 Å². The zero-order valence-electron chi connectivity index (χ0n) is 9.76. The summed E-state index contributed by atoms with van der Waals surface area (Å²) in [6, 6.07) is 6.20. The molecule has 0 amide bonds. The molecule has 0 unspecified atom stereocenters. The number of anilines is 1. The van der Waals surface area contributed by atoms with Gasteiger partial charge in [-0.25, -0.2) is 9.37 Å². The summed E-state index contributed by atoms with van der Waals surface area (Å²) >= 11 is 0. The summed E-state index contributed by atoms with van der Waals surface area (Å²) < 4.78 is 15.0. The number of aromatic nitrogens is 3. The molecular formula is C13H11FN4. The van der Waals surface area contributed by atoms with Crippen LogP contribution < -0.4 is 5.73 Å². The third kappa shape index (κ3) is 1.52. The van der Waals surface area contributed by atoms with Crippen molar-refractivity contribution in [1.82, 2.24) is 14.5 Å². The number of rotatable bonds is 1. The van der Waals surface area contributed by atoms with E-state index in [0.29, 0.717) is 11.5 Å². The largest absolute Gasteiger partial charge is 0.398 e. The Labute approximate surface area is 103 Å². The molecule has 0 aliphatic heterocycles. The van der Waals surface area contributed by atoms with Gasteiger partial charge in [-0.2, -0.15) is 0 Å². The van der Waals surface area contributed by atoms with E-state index in [0.717, 1.165) is 16.6 Å². The molecule has 2 heterocycles. The number of fused-ring (bicyclic) bond motifs is 1. The molecule has 90 valence electrons. The van der Waals surface area contributed by atoms with Crippen LogP contribution >= 0.6 is 0 Å². The number of halogens is 1. The van der Waals surface area contributed by atoms with Crippen LogP contribution in [-0.2, 0) is 7.05 Å². The van der Waals surface area contributed by atoms with Gasteiger partial charge in [-0.1, -0.05) is 0 Å². The molecule has 0 spiro atoms. The molecule has 5 heteroatoms. The summed E-state index contributed by atoms with van der Waals surface area (Å²) in [5, 5.41) is 0. The van der Waals surface area contributed by atoms with Gasteiger partial charge in [0.15, 0.2) is 0 Å². The highest BCUT2D eigenvalue weighted by molar-refractivity contribution is 5.82. The van der Waals surface area contributed by atoms with Gasteiger partial charge < -0.3 is 10.3 Å². The Balaban J connectivity index is 2.28. The van der Waals surface area contributed by atoms with Crippen molar-refractivity contribution < 1.29 is 4.39 Å². The van der Waals surface area contributed by atoms with Crippen molar-refractivity contribution in [3.05, 3.63) is 42.5 Å². The summed E-state index contributed by atoms with van der Waals surface area (Å²) in [5.74, 6) is 0.354. The summed E-state index contributed by atoms with van der Waals surface area (Å²) in [5.41, 5.74) is 8.68. The van der Waals surface area contributed by atoms with Crippen LogP contribution in [0.3, 0.4) is 0 Å². The molecule has 18 heavy (non-hydrogen) atoms. The fourth-order valence-corrected chi connectivity index (χ4v) is 2.03. The minimum Gasteiger partial charge on any atom is -0.398 e. The predicted molar refractivity (Wildman–Crippen MR) is 68.3 cm³/mol. The van der Waals surface area contributed by atoms with Gasteiger partial charge in [-0.15, -0.1) is 0 Å². The summed E-state index contributed by atoms with van der Waals surface area (Å²) in [6.07, 6.45) is 3.40. The molecule has 0 bridgehead atoms. The molecule has 3 rings (SSSR count). The topological polar surface area (TPSA) is 56.7 Å². The van der Waals surface area contributed by atoms with Crippen LogP contribution in [0.1, 0.15) is 0 Å². The number of hydrogen-bond donors (Lipinski definition) is 1. The van der Waals surface area contributed by atoms with E-state index in [2.05, 4.69) is 9.97 Å². The molecule has 0 fully saturated rings. The molecule has 3 aromatic rings. The van der Waals surface area contributed by atoms with Gasteiger partial charge in [-0.3, -0.25) is 4.98 Å². The lowest BCUT2D eigenvalue weighted by Gasteiger charge is -2.05. The summed E-state index contributed by atoms with van der Waals surface area (Å²) in [7, 11) is 1.90. The van der Waals surface area contributed by atoms with Crippen LogP contribution in [0, 0.1) is 5.82 Å². The Kier molecular flexibility index (Phi) is 2.26. The number of aryl methyl sites for hydroxylation is 1. The van der Waals surface area contributed by atoms with Crippen molar-refractivity contribution in [1.29, 1.82) is 0 Å². The predicted octanol–water partition coefficient (Wildman–Crippen LogP) is 2.36. The molecule has 2 aromatic heterocycles. The molecule has 0 saturated heterocycles. The summed E-state index contributed by atoms with van der Waals surface area (Å²) in [6.45, 7) is 0. The Morgan fingerprint density at radius 1 is 1.28 bits per heavy atom. The maximum atomic E-state index is 13.1. The first-order chi connectivity index (χ1) is 8.66. The van der Waals surface area contributed by atoms with Crippen molar-refractivity contribution >= 4 is 16.7 Å². The van der Waals surface area contributed by atoms with E-state index in [1.165, 1.54) is 12.1 Å². The molecule has 0 saturated carbocycles. The fourth-order valence-electron chi connectivity index (χ4n) is 2.03. The third-order valence-corrected chi connectivity index (χ3v) is 2.94. The Bertz CT molecular complexity index is 733. The van der Waals surface area contributed by atoms with Gasteiger partial charge >= 0.3 is 0 Å². The SMILES string of the molecule is Cn1c(-c2ccc(F)cc2N)nc2cnccc21. The molecule has 4 nitrogen and oxygen atoms in total. The zero-order valence-corrected chi connectivity index (χ0v) is 9.76. The molecule has 2 N–H and O–H groups in total. The molecule has 0 atom stereocenters. The number of nitrogens with two attached hydrogens (primary N) is 1. The van der Waals surface area contributed by atoms with E-state index in [1.54, 1.807) is 18.5 Å². The average molecular weight is 242 g/mol. The van der Waals surface area contributed by atoms with Crippen LogP contribution in [0.5, 0.6) is 0 Å². The van der Waals surface area contributed by atoms with Crippen molar-refractivity contribution in [3.8, 4) is 11.4 Å². The molecule has 0 radical (unpaired) electrons. The second kappa shape index (κ2) is 3.80. The number of nitrogen functional groups attached to an aromatic ring is 1. The van der Waals surface area contributed by atoms with Gasteiger partial charge in [0, 0.05) is 24.5 Å². The number of hydrogen-bond acceptors (Lipinski definition) is 3. The van der Waals surface area contributed by atoms with Gasteiger partial charge in [0.05, 0.1) is 11.7 Å². The van der Waals surface area contributed by atoms with Crippen molar-refractivity contribution in [2.75, 3.05) is 5.73 Å². The van der Waals surface area contributed by atoms with Crippen molar-refractivity contribution in [2.24, 2.45) is 7.05 Å². The molecule has 1 aromatic carbocycles. The first-order valence-corrected chi connectivity index (χ1v) is 5.48. The van der Waals surface area contributed by atoms with Crippen molar-refractivity contribution in [2.45, 2.75) is 0 Å². The monoisotopic (exact) mass is 242 g/mol. The van der Waals surface area contributed by atoms with Crippen LogP contribution in [0.4, 0.5) is 10.1 Å². The maximum absolute atomic E-state index is 13.1. The van der Waals surface area contributed by atoms with Gasteiger partial charge in [0.1, 0.15) is 17.2 Å². The van der Waals surface area contributed by atoms with E-state index < -0.39 is 0 Å². The lowest BCUT2D eigenvalue weighted by atomic mass is 10.1. The van der Waals surface area contributed by atoms with Crippen LogP contribution in [0.15, 0.2) is 36.7 Å². The van der Waals surface area contributed by atoms with E-state index in [9.17, 15) is 4.39 Å². The van der Waals surface area contributed by atoms with Gasteiger partial charge in [0.2, 0.25) is 0 Å². The van der Waals surface area contributed by atoms with Crippen LogP contribution in [0.25, 0.3) is 22.4 Å². The lowest BCUT2D eigenvalue weighted by molar-refractivity contribution is 0.628. The number of pyridine rings is 1. The quantitative estimate of drug-likeness (QED) is 0.666. The Hall–Kier alpha value is -2.43. The second-order valence-corrected chi connectivity index (χ2v) is 4.09. The Morgan fingerprint density at radius 3 is 2.83 bits per heavy atom. The van der Waals surface area contributed by atoms with E-state index >= 15 is 0 Å². The van der Waals surface area contributed by atoms with E-state index in [-0.39, 0.29) is 5.82 Å². The van der Waals surface area contributed by atoms with Gasteiger partial charge in [-0.05, 0) is 24.3 Å². The van der Waals surface area contributed by atoms with E-state index in [4.69, 9.17) is 5.73 Å². The second-order valence-electron chi connectivity index (χ2n) is 4.09. The van der Waals surface area contributed by atoms with Gasteiger partial charge in [0.25, 0.3) is 0 Å². The number of benzene rings is 1. The van der Waals surface area contributed by atoms with Crippen LogP contribution in [-0.4, -0.2) is 14.5 Å².